The van der Waals surface area contributed by atoms with Gasteiger partial charge in [-0.15, -0.1) is 0 Å². The number of carbonyl (C=O) groups is 1. The Morgan fingerprint density at radius 2 is 1.95 bits per heavy atom. The Kier molecular flexibility index (Phi) is 3.58. The van der Waals surface area contributed by atoms with Crippen LogP contribution in [0.15, 0.2) is 42.5 Å². The number of esters is 1. The maximum Gasteiger partial charge on any atom is 0.343 e. The largest absolute Gasteiger partial charge is 0.423 e. The Hall–Kier alpha value is -2.67. The lowest BCUT2D eigenvalue weighted by atomic mass is 10.1. The highest BCUT2D eigenvalue weighted by molar-refractivity contribution is 5.91. The Bertz CT molecular complexity index is 637. The van der Waals surface area contributed by atoms with Crippen molar-refractivity contribution >= 4 is 5.97 Å². The second-order valence-electron chi connectivity index (χ2n) is 3.96. The molecule has 0 radical (unpaired) electrons. The van der Waals surface area contributed by atoms with E-state index >= 15 is 0 Å². The van der Waals surface area contributed by atoms with E-state index in [9.17, 15) is 9.18 Å². The molecule has 0 amide bonds. The molecule has 2 aromatic rings. The standard InChI is InChI=1S/C15H10FNO2/c1-10-7-12(8-14(16)13(10)9-17)19-15(18)11-5-3-2-4-6-11/h2-8H,1H3. The van der Waals surface area contributed by atoms with E-state index < -0.39 is 11.8 Å². The fourth-order valence-corrected chi connectivity index (χ4v) is 1.65. The molecule has 0 bridgehead atoms. The van der Waals surface area contributed by atoms with Crippen LogP contribution in [0.3, 0.4) is 0 Å². The molecule has 0 heterocycles. The topological polar surface area (TPSA) is 50.1 Å². The highest BCUT2D eigenvalue weighted by atomic mass is 19.1. The van der Waals surface area contributed by atoms with Gasteiger partial charge in [0.05, 0.1) is 11.1 Å². The van der Waals surface area contributed by atoms with Crippen LogP contribution in [0.1, 0.15) is 21.5 Å². The predicted octanol–water partition coefficient (Wildman–Crippen LogP) is 3.23. The number of aryl methyl sites for hydroxylation is 1. The number of nitrogens with zero attached hydrogens (tertiary/aromatic N) is 1. The molecule has 0 saturated heterocycles. The molecule has 0 atom stereocenters. The third-order valence-corrected chi connectivity index (χ3v) is 2.59. The molecular weight excluding hydrogens is 245 g/mol. The van der Waals surface area contributed by atoms with Crippen LogP contribution < -0.4 is 4.74 Å². The number of nitriles is 1. The summed E-state index contributed by atoms with van der Waals surface area (Å²) in [5.74, 6) is -1.18. The van der Waals surface area contributed by atoms with Crippen LogP contribution in [0.5, 0.6) is 5.75 Å². The normalized spacial score (nSPS) is 9.74. The van der Waals surface area contributed by atoms with Crippen LogP contribution in [0, 0.1) is 24.1 Å². The molecule has 0 aromatic heterocycles. The van der Waals surface area contributed by atoms with E-state index in [1.54, 1.807) is 43.3 Å². The van der Waals surface area contributed by atoms with Gasteiger partial charge in [0.1, 0.15) is 17.6 Å². The number of benzene rings is 2. The minimum absolute atomic E-state index is 0.0421. The third-order valence-electron chi connectivity index (χ3n) is 2.59. The fraction of sp³-hybridized carbons (Fsp3) is 0.0667. The number of carbonyl (C=O) groups excluding carboxylic acids is 1. The fourth-order valence-electron chi connectivity index (χ4n) is 1.65. The van der Waals surface area contributed by atoms with Crippen LogP contribution in [0.4, 0.5) is 4.39 Å². The van der Waals surface area contributed by atoms with Gasteiger partial charge >= 0.3 is 5.97 Å². The number of hydrogen-bond donors (Lipinski definition) is 0. The summed E-state index contributed by atoms with van der Waals surface area (Å²) in [5.41, 5.74) is 0.766. The minimum Gasteiger partial charge on any atom is -0.423 e. The zero-order valence-electron chi connectivity index (χ0n) is 10.2. The van der Waals surface area contributed by atoms with E-state index in [0.29, 0.717) is 11.1 Å². The SMILES string of the molecule is Cc1cc(OC(=O)c2ccccc2)cc(F)c1C#N. The van der Waals surface area contributed by atoms with E-state index in [-0.39, 0.29) is 11.3 Å². The van der Waals surface area contributed by atoms with Gasteiger partial charge in [0.2, 0.25) is 0 Å². The molecule has 0 aliphatic heterocycles. The first-order valence-corrected chi connectivity index (χ1v) is 5.59. The monoisotopic (exact) mass is 255 g/mol. The third kappa shape index (κ3) is 2.78. The summed E-state index contributed by atoms with van der Waals surface area (Å²) in [7, 11) is 0. The van der Waals surface area contributed by atoms with Gasteiger partial charge in [0.25, 0.3) is 0 Å². The smallest absolute Gasteiger partial charge is 0.343 e. The summed E-state index contributed by atoms with van der Waals surface area (Å²) in [5, 5.41) is 8.75. The minimum atomic E-state index is -0.696. The first kappa shape index (κ1) is 12.8. The van der Waals surface area contributed by atoms with Crippen molar-refractivity contribution in [1.29, 1.82) is 5.26 Å². The van der Waals surface area contributed by atoms with Crippen molar-refractivity contribution in [1.82, 2.24) is 0 Å². The molecule has 94 valence electrons. The van der Waals surface area contributed by atoms with Crippen molar-refractivity contribution in [2.24, 2.45) is 0 Å². The van der Waals surface area contributed by atoms with E-state index in [2.05, 4.69) is 0 Å². The molecule has 2 rings (SSSR count). The highest BCUT2D eigenvalue weighted by Crippen LogP contribution is 2.21. The summed E-state index contributed by atoms with van der Waals surface area (Å²) in [6.07, 6.45) is 0. The van der Waals surface area contributed by atoms with Crippen molar-refractivity contribution < 1.29 is 13.9 Å². The molecule has 19 heavy (non-hydrogen) atoms. The van der Waals surface area contributed by atoms with E-state index in [0.717, 1.165) is 6.07 Å². The van der Waals surface area contributed by atoms with Crippen molar-refractivity contribution in [3.05, 3.63) is 65.0 Å². The van der Waals surface area contributed by atoms with Crippen LogP contribution in [0.25, 0.3) is 0 Å². The van der Waals surface area contributed by atoms with Crippen molar-refractivity contribution in [2.75, 3.05) is 0 Å². The lowest BCUT2D eigenvalue weighted by Gasteiger charge is -2.06. The maximum absolute atomic E-state index is 13.6. The summed E-state index contributed by atoms with van der Waals surface area (Å²) in [6, 6.07) is 12.7. The molecule has 3 nitrogen and oxygen atoms in total. The van der Waals surface area contributed by atoms with Gasteiger partial charge in [-0.2, -0.15) is 5.26 Å². The van der Waals surface area contributed by atoms with E-state index in [1.807, 2.05) is 0 Å². The Balaban J connectivity index is 2.26. The average molecular weight is 255 g/mol. The van der Waals surface area contributed by atoms with Gasteiger partial charge in [-0.1, -0.05) is 18.2 Å². The van der Waals surface area contributed by atoms with Crippen LogP contribution >= 0.6 is 0 Å². The molecule has 0 unspecified atom stereocenters. The molecule has 0 fully saturated rings. The summed E-state index contributed by atoms with van der Waals surface area (Å²) in [4.78, 5) is 11.8. The first-order valence-electron chi connectivity index (χ1n) is 5.59. The van der Waals surface area contributed by atoms with Gasteiger partial charge in [0.15, 0.2) is 0 Å². The Morgan fingerprint density at radius 1 is 1.26 bits per heavy atom. The molecule has 0 spiro atoms. The number of hydrogen-bond acceptors (Lipinski definition) is 3. The van der Waals surface area contributed by atoms with Gasteiger partial charge in [0, 0.05) is 6.07 Å². The average Bonchev–Trinajstić information content (AvgIpc) is 2.39. The second kappa shape index (κ2) is 5.32. The van der Waals surface area contributed by atoms with E-state index in [1.165, 1.54) is 6.07 Å². The maximum atomic E-state index is 13.6. The first-order chi connectivity index (χ1) is 9.11. The molecule has 0 aliphatic carbocycles. The summed E-state index contributed by atoms with van der Waals surface area (Å²) < 4.78 is 18.6. The Labute approximate surface area is 109 Å². The molecule has 0 N–H and O–H groups in total. The van der Waals surface area contributed by atoms with Crippen molar-refractivity contribution in [3.8, 4) is 11.8 Å². The van der Waals surface area contributed by atoms with Crippen LogP contribution in [-0.4, -0.2) is 5.97 Å². The quantitative estimate of drug-likeness (QED) is 0.611. The highest BCUT2D eigenvalue weighted by Gasteiger charge is 2.12. The summed E-state index contributed by atoms with van der Waals surface area (Å²) in [6.45, 7) is 1.58. The zero-order valence-corrected chi connectivity index (χ0v) is 10.2. The van der Waals surface area contributed by atoms with E-state index in [4.69, 9.17) is 10.00 Å². The predicted molar refractivity (Wildman–Crippen MR) is 67.3 cm³/mol. The zero-order chi connectivity index (χ0) is 13.8. The molecule has 0 saturated carbocycles. The lowest BCUT2D eigenvalue weighted by molar-refractivity contribution is 0.0734. The Morgan fingerprint density at radius 3 is 2.53 bits per heavy atom. The van der Waals surface area contributed by atoms with Gasteiger partial charge in [-0.25, -0.2) is 9.18 Å². The second-order valence-corrected chi connectivity index (χ2v) is 3.96. The molecule has 4 heteroatoms. The number of ether oxygens (including phenoxy) is 1. The van der Waals surface area contributed by atoms with Crippen LogP contribution in [0.2, 0.25) is 0 Å². The van der Waals surface area contributed by atoms with Gasteiger partial charge in [-0.05, 0) is 30.7 Å². The van der Waals surface area contributed by atoms with Crippen molar-refractivity contribution in [3.63, 3.8) is 0 Å². The number of rotatable bonds is 2. The van der Waals surface area contributed by atoms with Crippen molar-refractivity contribution in [2.45, 2.75) is 6.92 Å². The molecular formula is C15H10FNO2. The van der Waals surface area contributed by atoms with Gasteiger partial charge < -0.3 is 4.74 Å². The molecule has 2 aromatic carbocycles. The summed E-state index contributed by atoms with van der Waals surface area (Å²) >= 11 is 0. The lowest BCUT2D eigenvalue weighted by Crippen LogP contribution is -2.08. The van der Waals surface area contributed by atoms with Crippen LogP contribution in [-0.2, 0) is 0 Å². The molecule has 0 aliphatic rings. The number of halogens is 1. The van der Waals surface area contributed by atoms with Gasteiger partial charge in [-0.3, -0.25) is 0 Å².